The van der Waals surface area contributed by atoms with E-state index in [-0.39, 0.29) is 0 Å². The van der Waals surface area contributed by atoms with Gasteiger partial charge in [0.1, 0.15) is 11.9 Å². The average molecular weight is 246 g/mol. The van der Waals surface area contributed by atoms with Gasteiger partial charge in [0.05, 0.1) is 0 Å². The summed E-state index contributed by atoms with van der Waals surface area (Å²) in [6, 6.07) is 8.65. The Morgan fingerprint density at radius 2 is 1.89 bits per heavy atom. The van der Waals surface area contributed by atoms with Gasteiger partial charge in [-0.25, -0.2) is 0 Å². The number of rotatable bonds is 0. The lowest BCUT2D eigenvalue weighted by Gasteiger charge is -2.60. The first-order chi connectivity index (χ1) is 8.68. The highest BCUT2D eigenvalue weighted by atomic mass is 16.5. The Hall–Kier alpha value is -1.02. The molecule has 1 aromatic carbocycles. The first kappa shape index (κ1) is 12.0. The molecule has 18 heavy (non-hydrogen) atoms. The van der Waals surface area contributed by atoms with Gasteiger partial charge in [-0.1, -0.05) is 32.0 Å². The zero-order valence-corrected chi connectivity index (χ0v) is 11.4. The highest BCUT2D eigenvalue weighted by Gasteiger charge is 2.60. The minimum atomic E-state index is 0.481. The highest BCUT2D eigenvalue weighted by Crippen LogP contribution is 2.66. The zero-order chi connectivity index (χ0) is 12.9. The fourth-order valence-corrected chi connectivity index (χ4v) is 4.32. The Morgan fingerprint density at radius 1 is 1.17 bits per heavy atom. The zero-order valence-electron chi connectivity index (χ0n) is 11.4. The van der Waals surface area contributed by atoms with Gasteiger partial charge < -0.3 is 9.84 Å². The maximum absolute atomic E-state index is 7.00. The van der Waals surface area contributed by atoms with Gasteiger partial charge in [-0.15, -0.1) is 0 Å². The van der Waals surface area contributed by atoms with Crippen molar-refractivity contribution in [3.63, 3.8) is 0 Å². The molecule has 1 aromatic rings. The van der Waals surface area contributed by atoms with Crippen molar-refractivity contribution in [3.8, 4) is 5.75 Å². The molecule has 0 spiro atoms. The largest absolute Gasteiger partial charge is 0.489 e. The Kier molecular flexibility index (Phi) is 2.67. The first-order valence-electron chi connectivity index (χ1n) is 6.88. The van der Waals surface area contributed by atoms with Crippen molar-refractivity contribution in [2.45, 2.75) is 38.7 Å². The molecule has 0 unspecified atom stereocenters. The molecule has 5 rings (SSSR count). The smallest absolute Gasteiger partial charge is 0.123 e. The first-order valence-corrected chi connectivity index (χ1v) is 6.88. The van der Waals surface area contributed by atoms with Crippen molar-refractivity contribution in [3.05, 3.63) is 29.8 Å². The lowest BCUT2D eigenvalue weighted by molar-refractivity contribution is -0.116. The predicted molar refractivity (Wildman–Crippen MR) is 71.7 cm³/mol. The molecule has 2 bridgehead atoms. The molecule has 1 heterocycles. The average Bonchev–Trinajstić information content (AvgIpc) is 2.79. The molecule has 0 amide bonds. The van der Waals surface area contributed by atoms with Crippen molar-refractivity contribution in [2.24, 2.45) is 17.3 Å². The second-order valence-corrected chi connectivity index (χ2v) is 6.32. The summed E-state index contributed by atoms with van der Waals surface area (Å²) >= 11 is 0. The number of aliphatic hydroxyl groups excluding tert-OH is 1. The number of para-hydroxylation sites is 1. The predicted octanol–water partition coefficient (Wildman–Crippen LogP) is 3.21. The van der Waals surface area contributed by atoms with Crippen molar-refractivity contribution < 1.29 is 9.84 Å². The molecule has 0 saturated heterocycles. The second-order valence-electron chi connectivity index (χ2n) is 6.32. The minimum absolute atomic E-state index is 0.481. The van der Waals surface area contributed by atoms with Crippen LogP contribution >= 0.6 is 0 Å². The molecule has 0 radical (unpaired) electrons. The minimum Gasteiger partial charge on any atom is -0.489 e. The quantitative estimate of drug-likeness (QED) is 0.761. The van der Waals surface area contributed by atoms with E-state index in [1.807, 2.05) is 0 Å². The van der Waals surface area contributed by atoms with E-state index >= 15 is 0 Å². The van der Waals surface area contributed by atoms with Crippen molar-refractivity contribution in [2.75, 3.05) is 7.11 Å². The summed E-state index contributed by atoms with van der Waals surface area (Å²) in [5, 5.41) is 7.00. The van der Waals surface area contributed by atoms with Gasteiger partial charge in [-0.3, -0.25) is 0 Å². The molecule has 98 valence electrons. The van der Waals surface area contributed by atoms with Crippen LogP contribution in [0.3, 0.4) is 0 Å². The van der Waals surface area contributed by atoms with Gasteiger partial charge in [-0.05, 0) is 36.2 Å². The Morgan fingerprint density at radius 3 is 2.61 bits per heavy atom. The number of aliphatic hydroxyl groups is 1. The summed E-state index contributed by atoms with van der Waals surface area (Å²) in [6.45, 7) is 4.89. The molecule has 1 N–H and O–H groups in total. The third-order valence-electron chi connectivity index (χ3n) is 5.45. The van der Waals surface area contributed by atoms with Gasteiger partial charge in [-0.2, -0.15) is 0 Å². The third-order valence-corrected chi connectivity index (χ3v) is 5.45. The van der Waals surface area contributed by atoms with Gasteiger partial charge in [0.15, 0.2) is 0 Å². The van der Waals surface area contributed by atoms with Crippen LogP contribution in [0.2, 0.25) is 0 Å². The summed E-state index contributed by atoms with van der Waals surface area (Å²) < 4.78 is 6.10. The fourth-order valence-electron chi connectivity index (χ4n) is 4.32. The molecule has 3 fully saturated rings. The van der Waals surface area contributed by atoms with E-state index in [0.29, 0.717) is 17.4 Å². The van der Waals surface area contributed by atoms with E-state index in [1.165, 1.54) is 18.4 Å². The lowest BCUT2D eigenvalue weighted by atomic mass is 9.44. The summed E-state index contributed by atoms with van der Waals surface area (Å²) in [6.07, 6.45) is 3.17. The molecular weight excluding hydrogens is 224 g/mol. The number of ether oxygens (including phenoxy) is 1. The molecule has 0 aromatic heterocycles. The lowest BCUT2D eigenvalue weighted by Crippen LogP contribution is -2.56. The van der Waals surface area contributed by atoms with E-state index in [0.717, 1.165) is 24.7 Å². The fraction of sp³-hybridized carbons (Fsp3) is 0.625. The van der Waals surface area contributed by atoms with Crippen LogP contribution in [-0.2, 0) is 0 Å². The standard InChI is InChI=1S/C15H18O.CH4O/c1-15(2)9-7-11(15)14-10-5-3-4-6-12(10)16-13(14)8-9;1-2/h3-6,9,11,13-14H,7-8H2,1-2H3;2H,1H3/t9-,11+,13+,14-;/m0./s1. The molecule has 4 atom stereocenters. The van der Waals surface area contributed by atoms with E-state index in [1.54, 1.807) is 0 Å². The molecule has 3 saturated carbocycles. The van der Waals surface area contributed by atoms with E-state index in [4.69, 9.17) is 9.84 Å². The SMILES string of the molecule is CC1(C)[C@H]2C[C@@H]1[C@@H]1c3ccccc3O[C@@H]1C2.CO. The molecule has 3 aliphatic carbocycles. The normalized spacial score (nSPS) is 37.3. The molecule has 2 nitrogen and oxygen atoms in total. The maximum Gasteiger partial charge on any atom is 0.123 e. The van der Waals surface area contributed by atoms with Crippen LogP contribution in [0.15, 0.2) is 24.3 Å². The number of benzene rings is 1. The summed E-state index contributed by atoms with van der Waals surface area (Å²) in [5.74, 6) is 3.57. The summed E-state index contributed by atoms with van der Waals surface area (Å²) in [5.41, 5.74) is 2.02. The Labute approximate surface area is 109 Å². The van der Waals surface area contributed by atoms with Crippen molar-refractivity contribution >= 4 is 0 Å². The van der Waals surface area contributed by atoms with Crippen LogP contribution in [0.5, 0.6) is 5.75 Å². The molecule has 4 aliphatic rings. The molecular formula is C16H22O2. The molecule has 1 aliphatic heterocycles. The van der Waals surface area contributed by atoms with Crippen LogP contribution in [0, 0.1) is 17.3 Å². The number of hydrogen-bond acceptors (Lipinski definition) is 2. The van der Waals surface area contributed by atoms with Crippen LogP contribution in [-0.4, -0.2) is 18.3 Å². The van der Waals surface area contributed by atoms with E-state index in [9.17, 15) is 0 Å². The number of hydrogen-bond donors (Lipinski definition) is 1. The van der Waals surface area contributed by atoms with Crippen LogP contribution < -0.4 is 4.74 Å². The Balaban J connectivity index is 0.000000478. The van der Waals surface area contributed by atoms with Crippen LogP contribution in [0.25, 0.3) is 0 Å². The van der Waals surface area contributed by atoms with Gasteiger partial charge in [0.25, 0.3) is 0 Å². The summed E-state index contributed by atoms with van der Waals surface area (Å²) in [4.78, 5) is 0. The Bertz CT molecular complexity index is 452. The van der Waals surface area contributed by atoms with Gasteiger partial charge >= 0.3 is 0 Å². The molecule has 2 heteroatoms. The van der Waals surface area contributed by atoms with E-state index < -0.39 is 0 Å². The van der Waals surface area contributed by atoms with Crippen molar-refractivity contribution in [1.29, 1.82) is 0 Å². The van der Waals surface area contributed by atoms with Crippen LogP contribution in [0.1, 0.15) is 38.2 Å². The summed E-state index contributed by atoms with van der Waals surface area (Å²) in [7, 11) is 1.00. The number of fused-ring (bicyclic) bond motifs is 1. The van der Waals surface area contributed by atoms with Gasteiger partial charge in [0, 0.05) is 18.6 Å². The second kappa shape index (κ2) is 3.99. The monoisotopic (exact) mass is 246 g/mol. The highest BCUT2D eigenvalue weighted by molar-refractivity contribution is 5.43. The van der Waals surface area contributed by atoms with Crippen molar-refractivity contribution in [1.82, 2.24) is 0 Å². The van der Waals surface area contributed by atoms with Gasteiger partial charge in [0.2, 0.25) is 0 Å². The van der Waals surface area contributed by atoms with E-state index in [2.05, 4.69) is 38.1 Å². The topological polar surface area (TPSA) is 29.5 Å². The maximum atomic E-state index is 7.00. The third kappa shape index (κ3) is 1.38. The van der Waals surface area contributed by atoms with Crippen LogP contribution in [0.4, 0.5) is 0 Å².